The van der Waals surface area contributed by atoms with Gasteiger partial charge in [-0.1, -0.05) is 139 Å². The predicted molar refractivity (Wildman–Crippen MR) is 157 cm³/mol. The Morgan fingerprint density at radius 2 is 0.703 bits per heavy atom. The fourth-order valence-electron chi connectivity index (χ4n) is 5.15. The zero-order chi connectivity index (χ0) is 25.2. The Balaban J connectivity index is 1.85. The highest BCUT2D eigenvalue weighted by molar-refractivity contribution is 6.03. The van der Waals surface area contributed by atoms with E-state index in [0.717, 1.165) is 5.69 Å². The van der Waals surface area contributed by atoms with Crippen LogP contribution in [0.2, 0.25) is 0 Å². The number of benzene rings is 5. The second-order valence-corrected chi connectivity index (χ2v) is 9.58. The standard InChI is InChI=1S/C36H29N/c1-26-18-22-30(23-19-26)35-33(28-12-6-3-7-13-28)34(29-14-8-4-9-15-29)36(31-24-20-27(2)21-25-31)37(35)32-16-10-5-11-17-32/h3-25H,1-2H3. The summed E-state index contributed by atoms with van der Waals surface area (Å²) in [6.45, 7) is 4.29. The van der Waals surface area contributed by atoms with Crippen molar-refractivity contribution in [3.05, 3.63) is 151 Å². The first-order valence-electron chi connectivity index (χ1n) is 12.8. The van der Waals surface area contributed by atoms with Crippen molar-refractivity contribution in [2.75, 3.05) is 0 Å². The Hall–Kier alpha value is -4.62. The molecule has 0 amide bonds. The van der Waals surface area contributed by atoms with Gasteiger partial charge >= 0.3 is 0 Å². The van der Waals surface area contributed by atoms with Crippen molar-refractivity contribution in [2.24, 2.45) is 0 Å². The minimum atomic E-state index is 1.15. The lowest BCUT2D eigenvalue weighted by molar-refractivity contribution is 1.09. The van der Waals surface area contributed by atoms with Crippen LogP contribution < -0.4 is 0 Å². The topological polar surface area (TPSA) is 4.93 Å². The largest absolute Gasteiger partial charge is 0.308 e. The molecule has 0 spiro atoms. The maximum absolute atomic E-state index is 2.46. The quantitative estimate of drug-likeness (QED) is 0.234. The van der Waals surface area contributed by atoms with Crippen LogP contribution in [0.1, 0.15) is 11.1 Å². The van der Waals surface area contributed by atoms with Gasteiger partial charge in [0, 0.05) is 16.8 Å². The molecule has 1 aromatic heterocycles. The zero-order valence-electron chi connectivity index (χ0n) is 21.2. The maximum atomic E-state index is 2.46. The van der Waals surface area contributed by atoms with E-state index < -0.39 is 0 Å². The van der Waals surface area contributed by atoms with Crippen molar-refractivity contribution in [3.8, 4) is 50.5 Å². The summed E-state index contributed by atoms with van der Waals surface area (Å²) >= 11 is 0. The molecule has 178 valence electrons. The predicted octanol–water partition coefficient (Wildman–Crippen LogP) is 9.76. The van der Waals surface area contributed by atoms with Crippen LogP contribution in [0.4, 0.5) is 0 Å². The van der Waals surface area contributed by atoms with Gasteiger partial charge in [0.25, 0.3) is 0 Å². The van der Waals surface area contributed by atoms with Gasteiger partial charge in [-0.05, 0) is 48.2 Å². The average molecular weight is 476 g/mol. The van der Waals surface area contributed by atoms with Gasteiger partial charge in [0.2, 0.25) is 0 Å². The third-order valence-electron chi connectivity index (χ3n) is 6.96. The Labute approximate surface area is 219 Å². The third-order valence-corrected chi connectivity index (χ3v) is 6.96. The van der Waals surface area contributed by atoms with Gasteiger partial charge in [0.1, 0.15) is 0 Å². The van der Waals surface area contributed by atoms with E-state index in [1.54, 1.807) is 0 Å². The van der Waals surface area contributed by atoms with Crippen LogP contribution in [0.3, 0.4) is 0 Å². The summed E-state index contributed by atoms with van der Waals surface area (Å²) in [5.74, 6) is 0. The zero-order valence-corrected chi connectivity index (χ0v) is 21.2. The van der Waals surface area contributed by atoms with E-state index in [-0.39, 0.29) is 0 Å². The molecule has 0 fully saturated rings. The lowest BCUT2D eigenvalue weighted by Crippen LogP contribution is -2.00. The summed E-state index contributed by atoms with van der Waals surface area (Å²) in [7, 11) is 0. The molecule has 0 saturated heterocycles. The SMILES string of the molecule is Cc1ccc(-c2c(-c3ccccc3)c(-c3ccccc3)c(-c3ccc(C)cc3)n2-c2ccccc2)cc1. The second kappa shape index (κ2) is 9.79. The first-order chi connectivity index (χ1) is 18.2. The van der Waals surface area contributed by atoms with Crippen LogP contribution in [0.25, 0.3) is 50.5 Å². The van der Waals surface area contributed by atoms with Gasteiger partial charge < -0.3 is 4.57 Å². The highest BCUT2D eigenvalue weighted by Gasteiger charge is 2.27. The van der Waals surface area contributed by atoms with E-state index in [2.05, 4.69) is 158 Å². The van der Waals surface area contributed by atoms with Crippen molar-refractivity contribution >= 4 is 0 Å². The van der Waals surface area contributed by atoms with E-state index in [1.807, 2.05) is 0 Å². The first-order valence-corrected chi connectivity index (χ1v) is 12.8. The maximum Gasteiger partial charge on any atom is 0.0619 e. The molecule has 0 unspecified atom stereocenters. The van der Waals surface area contributed by atoms with E-state index >= 15 is 0 Å². The van der Waals surface area contributed by atoms with E-state index in [0.29, 0.717) is 0 Å². The number of para-hydroxylation sites is 1. The van der Waals surface area contributed by atoms with Crippen LogP contribution in [-0.2, 0) is 0 Å². The molecule has 0 N–H and O–H groups in total. The fourth-order valence-corrected chi connectivity index (χ4v) is 5.15. The molecular formula is C36H29N. The molecule has 1 nitrogen and oxygen atoms in total. The highest BCUT2D eigenvalue weighted by atomic mass is 15.0. The lowest BCUT2D eigenvalue weighted by Gasteiger charge is -2.16. The molecule has 0 aliphatic heterocycles. The Morgan fingerprint density at radius 3 is 1.08 bits per heavy atom. The van der Waals surface area contributed by atoms with Gasteiger partial charge in [-0.3, -0.25) is 0 Å². The average Bonchev–Trinajstić information content (AvgIpc) is 3.31. The monoisotopic (exact) mass is 475 g/mol. The van der Waals surface area contributed by atoms with Crippen LogP contribution in [0.15, 0.2) is 140 Å². The number of rotatable bonds is 5. The first kappa shape index (κ1) is 22.8. The molecule has 0 atom stereocenters. The van der Waals surface area contributed by atoms with Gasteiger partial charge in [-0.2, -0.15) is 0 Å². The van der Waals surface area contributed by atoms with E-state index in [4.69, 9.17) is 0 Å². The molecule has 0 aliphatic carbocycles. The molecule has 5 aromatic carbocycles. The Morgan fingerprint density at radius 1 is 0.351 bits per heavy atom. The molecule has 0 saturated carbocycles. The van der Waals surface area contributed by atoms with Crippen LogP contribution >= 0.6 is 0 Å². The molecule has 37 heavy (non-hydrogen) atoms. The summed E-state index contributed by atoms with van der Waals surface area (Å²) in [5.41, 5.74) is 13.4. The summed E-state index contributed by atoms with van der Waals surface area (Å²) in [6, 6.07) is 50.2. The number of aromatic nitrogens is 1. The summed E-state index contributed by atoms with van der Waals surface area (Å²) in [6.07, 6.45) is 0. The fraction of sp³-hybridized carbons (Fsp3) is 0.0556. The third kappa shape index (κ3) is 4.30. The number of hydrogen-bond acceptors (Lipinski definition) is 0. The van der Waals surface area contributed by atoms with Crippen molar-refractivity contribution in [1.82, 2.24) is 4.57 Å². The molecule has 1 heterocycles. The Bertz CT molecular complexity index is 1520. The minimum Gasteiger partial charge on any atom is -0.308 e. The molecule has 0 radical (unpaired) electrons. The molecular weight excluding hydrogens is 446 g/mol. The number of aryl methyl sites for hydroxylation is 2. The number of nitrogens with zero attached hydrogens (tertiary/aromatic N) is 1. The number of hydrogen-bond donors (Lipinski definition) is 0. The van der Waals surface area contributed by atoms with Crippen molar-refractivity contribution in [1.29, 1.82) is 0 Å². The van der Waals surface area contributed by atoms with Crippen molar-refractivity contribution < 1.29 is 0 Å². The molecule has 6 rings (SSSR count). The van der Waals surface area contributed by atoms with Crippen LogP contribution in [0, 0.1) is 13.8 Å². The summed E-state index contributed by atoms with van der Waals surface area (Å²) < 4.78 is 2.46. The molecule has 0 aliphatic rings. The van der Waals surface area contributed by atoms with Crippen molar-refractivity contribution in [2.45, 2.75) is 13.8 Å². The van der Waals surface area contributed by atoms with E-state index in [9.17, 15) is 0 Å². The molecule has 6 aromatic rings. The van der Waals surface area contributed by atoms with Gasteiger partial charge in [-0.25, -0.2) is 0 Å². The minimum absolute atomic E-state index is 1.15. The van der Waals surface area contributed by atoms with Crippen LogP contribution in [-0.4, -0.2) is 4.57 Å². The second-order valence-electron chi connectivity index (χ2n) is 9.58. The normalized spacial score (nSPS) is 11.0. The summed E-state index contributed by atoms with van der Waals surface area (Å²) in [5, 5.41) is 0. The molecule has 0 bridgehead atoms. The smallest absolute Gasteiger partial charge is 0.0619 e. The highest BCUT2D eigenvalue weighted by Crippen LogP contribution is 2.49. The van der Waals surface area contributed by atoms with Gasteiger partial charge in [0.15, 0.2) is 0 Å². The lowest BCUT2D eigenvalue weighted by atomic mass is 9.91. The molecule has 1 heteroatoms. The van der Waals surface area contributed by atoms with E-state index in [1.165, 1.54) is 55.9 Å². The van der Waals surface area contributed by atoms with Gasteiger partial charge in [0.05, 0.1) is 11.4 Å². The van der Waals surface area contributed by atoms with Crippen molar-refractivity contribution in [3.63, 3.8) is 0 Å². The Kier molecular flexibility index (Phi) is 6.04. The van der Waals surface area contributed by atoms with Crippen LogP contribution in [0.5, 0.6) is 0 Å². The van der Waals surface area contributed by atoms with Gasteiger partial charge in [-0.15, -0.1) is 0 Å². The summed E-state index contributed by atoms with van der Waals surface area (Å²) in [4.78, 5) is 0.